The highest BCUT2D eigenvalue weighted by Gasteiger charge is 2.36. The maximum atomic E-state index is 13.7. The Morgan fingerprint density at radius 3 is 2.95 bits per heavy atom. The highest BCUT2D eigenvalue weighted by atomic mass is 19.1. The van der Waals surface area contributed by atoms with E-state index in [4.69, 9.17) is 0 Å². The number of nitrogens with zero attached hydrogens (tertiary/aromatic N) is 3. The molecule has 2 amide bonds. The molecule has 7 nitrogen and oxygen atoms in total. The first kappa shape index (κ1) is 13.2. The standard InChI is InChI=1S/C13H12FN5O2/c14-9-3-1-2-4-10(9)19-6-8(5-11(19)20)12(21)17-13-15-7-16-18-13/h1-4,7-8H,5-6H2,(H2,15,16,17,18,21). The number of halogens is 1. The second kappa shape index (κ2) is 5.31. The van der Waals surface area contributed by atoms with Crippen LogP contribution in [-0.2, 0) is 9.59 Å². The Labute approximate surface area is 119 Å². The smallest absolute Gasteiger partial charge is 0.232 e. The van der Waals surface area contributed by atoms with Gasteiger partial charge in [0, 0.05) is 13.0 Å². The zero-order chi connectivity index (χ0) is 14.8. The van der Waals surface area contributed by atoms with Crippen LogP contribution < -0.4 is 10.2 Å². The van der Waals surface area contributed by atoms with E-state index < -0.39 is 11.7 Å². The Kier molecular flexibility index (Phi) is 3.35. The van der Waals surface area contributed by atoms with E-state index >= 15 is 0 Å². The summed E-state index contributed by atoms with van der Waals surface area (Å²) in [6.45, 7) is 0.139. The molecule has 1 aromatic carbocycles. The van der Waals surface area contributed by atoms with Crippen molar-refractivity contribution in [3.8, 4) is 0 Å². The van der Waals surface area contributed by atoms with Gasteiger partial charge in [-0.05, 0) is 12.1 Å². The van der Waals surface area contributed by atoms with Crippen LogP contribution in [0.4, 0.5) is 16.0 Å². The molecule has 2 N–H and O–H groups in total. The molecule has 1 fully saturated rings. The molecule has 1 aliphatic rings. The number of benzene rings is 1. The normalized spacial score (nSPS) is 18.0. The molecule has 1 aliphatic heterocycles. The first-order valence-electron chi connectivity index (χ1n) is 6.36. The Morgan fingerprint density at radius 1 is 1.43 bits per heavy atom. The fraction of sp³-hybridized carbons (Fsp3) is 0.231. The largest absolute Gasteiger partial charge is 0.309 e. The lowest BCUT2D eigenvalue weighted by Crippen LogP contribution is -2.28. The number of hydrogen-bond acceptors (Lipinski definition) is 4. The van der Waals surface area contributed by atoms with Crippen molar-refractivity contribution in [2.75, 3.05) is 16.8 Å². The number of anilines is 2. The summed E-state index contributed by atoms with van der Waals surface area (Å²) in [7, 11) is 0. The van der Waals surface area contributed by atoms with E-state index in [9.17, 15) is 14.0 Å². The quantitative estimate of drug-likeness (QED) is 0.879. The van der Waals surface area contributed by atoms with E-state index in [1.807, 2.05) is 0 Å². The van der Waals surface area contributed by atoms with Crippen molar-refractivity contribution in [1.29, 1.82) is 0 Å². The second-order valence-corrected chi connectivity index (χ2v) is 4.68. The Hall–Kier alpha value is -2.77. The van der Waals surface area contributed by atoms with E-state index in [1.54, 1.807) is 12.1 Å². The first-order valence-corrected chi connectivity index (χ1v) is 6.36. The molecule has 0 aliphatic carbocycles. The topological polar surface area (TPSA) is 91.0 Å². The van der Waals surface area contributed by atoms with Crippen LogP contribution in [0.25, 0.3) is 0 Å². The predicted octanol–water partition coefficient (Wildman–Crippen LogP) is 0.935. The van der Waals surface area contributed by atoms with Crippen LogP contribution in [-0.4, -0.2) is 33.5 Å². The lowest BCUT2D eigenvalue weighted by Gasteiger charge is -2.17. The molecule has 0 spiro atoms. The van der Waals surface area contributed by atoms with Crippen molar-refractivity contribution in [3.63, 3.8) is 0 Å². The molecule has 2 heterocycles. The third-order valence-electron chi connectivity index (χ3n) is 3.30. The summed E-state index contributed by atoms with van der Waals surface area (Å²) < 4.78 is 13.7. The summed E-state index contributed by atoms with van der Waals surface area (Å²) in [6.07, 6.45) is 1.30. The van der Waals surface area contributed by atoms with Crippen LogP contribution in [0.15, 0.2) is 30.6 Å². The number of para-hydroxylation sites is 1. The summed E-state index contributed by atoms with van der Waals surface area (Å²) in [4.78, 5) is 29.1. The van der Waals surface area contributed by atoms with Gasteiger partial charge in [-0.1, -0.05) is 12.1 Å². The zero-order valence-electron chi connectivity index (χ0n) is 10.9. The summed E-state index contributed by atoms with van der Waals surface area (Å²) in [5.41, 5.74) is 0.192. The van der Waals surface area contributed by atoms with Gasteiger partial charge in [-0.2, -0.15) is 10.1 Å². The number of carbonyl (C=O) groups excluding carboxylic acids is 2. The third kappa shape index (κ3) is 2.60. The van der Waals surface area contributed by atoms with Gasteiger partial charge in [-0.25, -0.2) is 9.49 Å². The van der Waals surface area contributed by atoms with E-state index in [0.717, 1.165) is 0 Å². The van der Waals surface area contributed by atoms with Crippen molar-refractivity contribution >= 4 is 23.5 Å². The van der Waals surface area contributed by atoms with Crippen molar-refractivity contribution in [1.82, 2.24) is 15.2 Å². The van der Waals surface area contributed by atoms with Gasteiger partial charge in [-0.3, -0.25) is 14.9 Å². The number of nitrogens with one attached hydrogen (secondary N) is 2. The van der Waals surface area contributed by atoms with Crippen LogP contribution in [0.1, 0.15) is 6.42 Å². The maximum absolute atomic E-state index is 13.7. The lowest BCUT2D eigenvalue weighted by molar-refractivity contribution is -0.122. The number of aromatic amines is 1. The van der Waals surface area contributed by atoms with Gasteiger partial charge >= 0.3 is 0 Å². The van der Waals surface area contributed by atoms with Crippen LogP contribution in [0.5, 0.6) is 0 Å². The minimum atomic E-state index is -0.554. The minimum absolute atomic E-state index is 0.0360. The number of hydrogen-bond donors (Lipinski definition) is 2. The van der Waals surface area contributed by atoms with Crippen LogP contribution >= 0.6 is 0 Å². The summed E-state index contributed by atoms with van der Waals surface area (Å²) in [5.74, 6) is -1.45. The van der Waals surface area contributed by atoms with Crippen LogP contribution in [0.2, 0.25) is 0 Å². The van der Waals surface area contributed by atoms with Crippen LogP contribution in [0, 0.1) is 11.7 Å². The van der Waals surface area contributed by atoms with Gasteiger partial charge in [0.25, 0.3) is 0 Å². The van der Waals surface area contributed by atoms with E-state index in [-0.39, 0.29) is 36.4 Å². The molecule has 1 aromatic heterocycles. The van der Waals surface area contributed by atoms with Gasteiger partial charge < -0.3 is 4.90 Å². The molecule has 1 saturated heterocycles. The van der Waals surface area contributed by atoms with Gasteiger partial charge in [0.15, 0.2) is 0 Å². The highest BCUT2D eigenvalue weighted by molar-refractivity contribution is 6.03. The number of aromatic nitrogens is 3. The summed E-state index contributed by atoms with van der Waals surface area (Å²) in [6, 6.07) is 6.00. The van der Waals surface area contributed by atoms with Crippen molar-refractivity contribution in [3.05, 3.63) is 36.4 Å². The average molecular weight is 289 g/mol. The average Bonchev–Trinajstić information content (AvgIpc) is 3.09. The van der Waals surface area contributed by atoms with E-state index in [2.05, 4.69) is 20.5 Å². The monoisotopic (exact) mass is 289 g/mol. The number of amides is 2. The molecular weight excluding hydrogens is 277 g/mol. The Morgan fingerprint density at radius 2 is 2.24 bits per heavy atom. The molecule has 0 bridgehead atoms. The van der Waals surface area contributed by atoms with Crippen molar-refractivity contribution < 1.29 is 14.0 Å². The molecule has 2 aromatic rings. The number of rotatable bonds is 3. The Balaban J connectivity index is 1.73. The second-order valence-electron chi connectivity index (χ2n) is 4.68. The fourth-order valence-corrected chi connectivity index (χ4v) is 2.27. The summed E-state index contributed by atoms with van der Waals surface area (Å²) >= 11 is 0. The van der Waals surface area contributed by atoms with Crippen molar-refractivity contribution in [2.24, 2.45) is 5.92 Å². The van der Waals surface area contributed by atoms with Gasteiger partial charge in [0.1, 0.15) is 12.1 Å². The van der Waals surface area contributed by atoms with Gasteiger partial charge in [0.2, 0.25) is 17.8 Å². The van der Waals surface area contributed by atoms with Gasteiger partial charge in [-0.15, -0.1) is 0 Å². The number of H-pyrrole nitrogens is 1. The highest BCUT2D eigenvalue weighted by Crippen LogP contribution is 2.27. The first-order chi connectivity index (χ1) is 10.1. The Bertz CT molecular complexity index is 673. The van der Waals surface area contributed by atoms with E-state index in [0.29, 0.717) is 0 Å². The lowest BCUT2D eigenvalue weighted by atomic mass is 10.1. The van der Waals surface area contributed by atoms with Crippen LogP contribution in [0.3, 0.4) is 0 Å². The molecule has 0 saturated carbocycles. The molecule has 0 radical (unpaired) electrons. The molecule has 21 heavy (non-hydrogen) atoms. The van der Waals surface area contributed by atoms with Crippen molar-refractivity contribution in [2.45, 2.75) is 6.42 Å². The molecule has 1 atom stereocenters. The molecule has 1 unspecified atom stereocenters. The predicted molar refractivity (Wildman–Crippen MR) is 71.9 cm³/mol. The van der Waals surface area contributed by atoms with Gasteiger partial charge in [0.05, 0.1) is 11.6 Å². The maximum Gasteiger partial charge on any atom is 0.232 e. The molecule has 3 rings (SSSR count). The minimum Gasteiger partial charge on any atom is -0.309 e. The molecule has 8 heteroatoms. The van der Waals surface area contributed by atoms with E-state index in [1.165, 1.54) is 23.4 Å². The third-order valence-corrected chi connectivity index (χ3v) is 3.30. The number of carbonyl (C=O) groups is 2. The summed E-state index contributed by atoms with van der Waals surface area (Å²) in [5, 5.41) is 8.65. The SMILES string of the molecule is O=C(Nc1ncn[nH]1)C1CC(=O)N(c2ccccc2F)C1. The molecular formula is C13H12FN5O2. The fourth-order valence-electron chi connectivity index (χ4n) is 2.27. The molecule has 108 valence electrons. The zero-order valence-corrected chi connectivity index (χ0v) is 10.9.